The molecule has 0 N–H and O–H groups in total. The topological polar surface area (TPSA) is 17.1 Å². The van der Waals surface area contributed by atoms with Crippen LogP contribution >= 0.6 is 0 Å². The molecule has 2 aromatic rings. The molecule has 87 valence electrons. The van der Waals surface area contributed by atoms with Crippen molar-refractivity contribution in [3.63, 3.8) is 0 Å². The van der Waals surface area contributed by atoms with Crippen molar-refractivity contribution in [1.29, 1.82) is 0 Å². The molecule has 0 fully saturated rings. The van der Waals surface area contributed by atoms with Crippen molar-refractivity contribution in [2.75, 3.05) is 0 Å². The molecular formula is C16H16LiO. The molecule has 2 rings (SSSR count). The van der Waals surface area contributed by atoms with E-state index in [9.17, 15) is 4.79 Å². The number of hydrogen-bond donors (Lipinski definition) is 0. The van der Waals surface area contributed by atoms with E-state index >= 15 is 0 Å². The number of hydrogen-bond acceptors (Lipinski definition) is 1. The predicted molar refractivity (Wildman–Crippen MR) is 76.3 cm³/mol. The monoisotopic (exact) mass is 231 g/mol. The maximum absolute atomic E-state index is 12.4. The average molecular weight is 231 g/mol. The van der Waals surface area contributed by atoms with Gasteiger partial charge < -0.3 is 0 Å². The fraction of sp³-hybridized carbons (Fsp3) is 0.188. The van der Waals surface area contributed by atoms with Crippen molar-refractivity contribution in [2.24, 2.45) is 0 Å². The Balaban J connectivity index is 0.00000162. The van der Waals surface area contributed by atoms with Crippen LogP contribution in [-0.2, 0) is 0 Å². The summed E-state index contributed by atoms with van der Waals surface area (Å²) < 4.78 is 0. The summed E-state index contributed by atoms with van der Waals surface area (Å²) in [4.78, 5) is 12.4. The molecule has 2 aromatic carbocycles. The predicted octanol–water partition coefficient (Wildman–Crippen LogP) is 3.46. The first-order valence-corrected chi connectivity index (χ1v) is 5.77. The minimum Gasteiger partial charge on any atom is -0.289 e. The Morgan fingerprint density at radius 1 is 0.889 bits per heavy atom. The van der Waals surface area contributed by atoms with Crippen LogP contribution in [-0.4, -0.2) is 24.6 Å². The molecule has 0 aliphatic rings. The Morgan fingerprint density at radius 3 is 1.89 bits per heavy atom. The van der Waals surface area contributed by atoms with Gasteiger partial charge in [-0.2, -0.15) is 0 Å². The van der Waals surface area contributed by atoms with Crippen molar-refractivity contribution >= 4 is 24.6 Å². The Hall–Kier alpha value is -1.29. The molecule has 0 heterocycles. The molecule has 18 heavy (non-hydrogen) atoms. The van der Waals surface area contributed by atoms with Gasteiger partial charge in [-0.05, 0) is 31.9 Å². The van der Waals surface area contributed by atoms with Crippen molar-refractivity contribution in [3.05, 3.63) is 70.3 Å². The van der Waals surface area contributed by atoms with E-state index in [-0.39, 0.29) is 24.6 Å². The third-order valence-corrected chi connectivity index (χ3v) is 2.94. The van der Waals surface area contributed by atoms with Gasteiger partial charge in [0.25, 0.3) is 0 Å². The van der Waals surface area contributed by atoms with Gasteiger partial charge >= 0.3 is 0 Å². The minimum atomic E-state index is 0. The number of rotatable bonds is 2. The summed E-state index contributed by atoms with van der Waals surface area (Å²) in [5.74, 6) is 0.112. The number of carbonyl (C=O) groups is 1. The van der Waals surface area contributed by atoms with Gasteiger partial charge in [-0.25, -0.2) is 0 Å². The summed E-state index contributed by atoms with van der Waals surface area (Å²) >= 11 is 0. The first-order valence-electron chi connectivity index (χ1n) is 5.77. The first-order chi connectivity index (χ1) is 8.09. The largest absolute Gasteiger partial charge is 0.289 e. The fourth-order valence-corrected chi connectivity index (χ4v) is 2.27. The zero-order valence-electron chi connectivity index (χ0n) is 11.4. The van der Waals surface area contributed by atoms with Crippen LogP contribution in [0.25, 0.3) is 0 Å². The summed E-state index contributed by atoms with van der Waals surface area (Å²) in [5.41, 5.74) is 4.89. The summed E-state index contributed by atoms with van der Waals surface area (Å²) in [6, 6.07) is 13.6. The van der Waals surface area contributed by atoms with Gasteiger partial charge in [0.15, 0.2) is 5.78 Å². The second-order valence-corrected chi connectivity index (χ2v) is 4.47. The summed E-state index contributed by atoms with van der Waals surface area (Å²) in [7, 11) is 0. The van der Waals surface area contributed by atoms with Crippen molar-refractivity contribution < 1.29 is 4.79 Å². The zero-order chi connectivity index (χ0) is 12.4. The number of ketones is 1. The Kier molecular flexibility index (Phi) is 4.96. The molecule has 0 aromatic heterocycles. The standard InChI is InChI=1S/C16H16O.Li/c1-11-9-12(2)15(13(3)10-11)16(17)14-7-5-4-6-8-14;/h4-10H,1-3H3;. The maximum atomic E-state index is 12.4. The van der Waals surface area contributed by atoms with Crippen LogP contribution in [0.5, 0.6) is 0 Å². The Bertz CT molecular complexity index is 536. The third kappa shape index (κ3) is 2.93. The molecular weight excluding hydrogens is 215 g/mol. The number of carbonyl (C=O) groups excluding carboxylic acids is 1. The van der Waals surface area contributed by atoms with Gasteiger partial charge in [0, 0.05) is 30.0 Å². The molecule has 0 unspecified atom stereocenters. The van der Waals surface area contributed by atoms with Gasteiger partial charge in [-0.1, -0.05) is 48.0 Å². The van der Waals surface area contributed by atoms with E-state index in [2.05, 4.69) is 19.1 Å². The van der Waals surface area contributed by atoms with E-state index in [1.807, 2.05) is 44.2 Å². The second-order valence-electron chi connectivity index (χ2n) is 4.47. The molecule has 0 saturated heterocycles. The van der Waals surface area contributed by atoms with Crippen LogP contribution in [0, 0.1) is 20.8 Å². The van der Waals surface area contributed by atoms with Gasteiger partial charge in [-0.15, -0.1) is 0 Å². The van der Waals surface area contributed by atoms with E-state index in [0.717, 1.165) is 22.3 Å². The Labute approximate surface area is 120 Å². The first kappa shape index (κ1) is 14.8. The van der Waals surface area contributed by atoms with Crippen LogP contribution in [0.3, 0.4) is 0 Å². The normalized spacial score (nSPS) is 9.72. The summed E-state index contributed by atoms with van der Waals surface area (Å²) in [6.07, 6.45) is 0. The van der Waals surface area contributed by atoms with Crippen molar-refractivity contribution in [1.82, 2.24) is 0 Å². The maximum Gasteiger partial charge on any atom is 0.193 e. The molecule has 0 aliphatic carbocycles. The molecule has 2 heteroatoms. The van der Waals surface area contributed by atoms with Gasteiger partial charge in [0.05, 0.1) is 0 Å². The van der Waals surface area contributed by atoms with Crippen LogP contribution in [0.15, 0.2) is 42.5 Å². The second kappa shape index (κ2) is 6.05. The smallest absolute Gasteiger partial charge is 0.193 e. The molecule has 0 bridgehead atoms. The van der Waals surface area contributed by atoms with E-state index < -0.39 is 0 Å². The molecule has 1 nitrogen and oxygen atoms in total. The van der Waals surface area contributed by atoms with Crippen LogP contribution in [0.2, 0.25) is 0 Å². The molecule has 0 aliphatic heterocycles. The molecule has 0 atom stereocenters. The van der Waals surface area contributed by atoms with E-state index in [1.165, 1.54) is 5.56 Å². The average Bonchev–Trinajstić information content (AvgIpc) is 2.28. The molecule has 1 radical (unpaired) electrons. The van der Waals surface area contributed by atoms with Gasteiger partial charge in [0.2, 0.25) is 0 Å². The van der Waals surface area contributed by atoms with Gasteiger partial charge in [-0.3, -0.25) is 4.79 Å². The SMILES string of the molecule is Cc1cc(C)c(C(=O)c2ccccc2)c(C)c1.[Li]. The number of aryl methyl sites for hydroxylation is 3. The van der Waals surface area contributed by atoms with Crippen LogP contribution < -0.4 is 0 Å². The molecule has 0 saturated carbocycles. The fourth-order valence-electron chi connectivity index (χ4n) is 2.27. The summed E-state index contributed by atoms with van der Waals surface area (Å²) in [6.45, 7) is 6.04. The Morgan fingerprint density at radius 2 is 1.39 bits per heavy atom. The molecule has 0 spiro atoms. The molecule has 0 amide bonds. The van der Waals surface area contributed by atoms with E-state index in [1.54, 1.807) is 0 Å². The third-order valence-electron chi connectivity index (χ3n) is 2.94. The van der Waals surface area contributed by atoms with E-state index in [4.69, 9.17) is 0 Å². The van der Waals surface area contributed by atoms with Crippen LogP contribution in [0.1, 0.15) is 32.6 Å². The quantitative estimate of drug-likeness (QED) is 0.571. The van der Waals surface area contributed by atoms with Gasteiger partial charge in [0.1, 0.15) is 0 Å². The van der Waals surface area contributed by atoms with Crippen molar-refractivity contribution in [2.45, 2.75) is 20.8 Å². The number of benzene rings is 2. The van der Waals surface area contributed by atoms with Crippen molar-refractivity contribution in [3.8, 4) is 0 Å². The van der Waals surface area contributed by atoms with Crippen LogP contribution in [0.4, 0.5) is 0 Å². The van der Waals surface area contributed by atoms with E-state index in [0.29, 0.717) is 0 Å². The summed E-state index contributed by atoms with van der Waals surface area (Å²) in [5, 5.41) is 0. The minimum absolute atomic E-state index is 0. The zero-order valence-corrected chi connectivity index (χ0v) is 11.4.